The van der Waals surface area contributed by atoms with Crippen LogP contribution in [0.2, 0.25) is 0 Å². The third-order valence-electron chi connectivity index (χ3n) is 2.25. The molecule has 0 aromatic heterocycles. The van der Waals surface area contributed by atoms with E-state index in [1.807, 2.05) is 0 Å². The molecule has 5 nitrogen and oxygen atoms in total. The number of amides is 2. The molecule has 0 unspecified atom stereocenters. The molecule has 1 aromatic rings. The van der Waals surface area contributed by atoms with E-state index in [-0.39, 0.29) is 24.6 Å². The maximum absolute atomic E-state index is 13.3. The molecule has 2 N–H and O–H groups in total. The van der Waals surface area contributed by atoms with Crippen molar-refractivity contribution in [2.45, 2.75) is 13.3 Å². The van der Waals surface area contributed by atoms with Gasteiger partial charge in [0.05, 0.1) is 13.7 Å². The second-order valence-electron chi connectivity index (χ2n) is 3.65. The number of rotatable bonds is 5. The molecular weight excluding hydrogens is 258 g/mol. The highest BCUT2D eigenvalue weighted by Gasteiger charge is 2.13. The van der Waals surface area contributed by atoms with Crippen molar-refractivity contribution in [3.05, 3.63) is 23.8 Å². The van der Waals surface area contributed by atoms with E-state index < -0.39 is 23.3 Å². The first-order valence-electron chi connectivity index (χ1n) is 5.57. The number of halogens is 2. The van der Waals surface area contributed by atoms with Crippen molar-refractivity contribution in [1.29, 1.82) is 0 Å². The standard InChI is InChI=1S/C12H14F2N2O3/c1-3-10(17)15-6-11(18)16-7-4-8(13)12(19-2)9(14)5-7/h4-5H,3,6H2,1-2H3,(H,15,17)(H,16,18). The maximum atomic E-state index is 13.3. The second kappa shape index (κ2) is 6.67. The minimum absolute atomic E-state index is 0.0495. The van der Waals surface area contributed by atoms with E-state index in [1.54, 1.807) is 6.92 Å². The highest BCUT2D eigenvalue weighted by molar-refractivity contribution is 5.94. The summed E-state index contributed by atoms with van der Waals surface area (Å²) in [6.45, 7) is 1.38. The number of benzene rings is 1. The number of hydrogen-bond donors (Lipinski definition) is 2. The lowest BCUT2D eigenvalue weighted by atomic mass is 10.2. The van der Waals surface area contributed by atoms with Crippen LogP contribution < -0.4 is 15.4 Å². The zero-order chi connectivity index (χ0) is 14.4. The monoisotopic (exact) mass is 272 g/mol. The van der Waals surface area contributed by atoms with Gasteiger partial charge in [-0.1, -0.05) is 6.92 Å². The Morgan fingerprint density at radius 1 is 1.21 bits per heavy atom. The molecule has 0 radical (unpaired) electrons. The number of anilines is 1. The Hall–Kier alpha value is -2.18. The molecule has 2 amide bonds. The Kier molecular flexibility index (Phi) is 5.23. The molecule has 0 fully saturated rings. The van der Waals surface area contributed by atoms with Gasteiger partial charge in [0.2, 0.25) is 11.8 Å². The zero-order valence-corrected chi connectivity index (χ0v) is 10.5. The average molecular weight is 272 g/mol. The van der Waals surface area contributed by atoms with Crippen molar-refractivity contribution < 1.29 is 23.1 Å². The first kappa shape index (κ1) is 14.9. The van der Waals surface area contributed by atoms with Gasteiger partial charge in [-0.05, 0) is 0 Å². The summed E-state index contributed by atoms with van der Waals surface area (Å²) in [4.78, 5) is 22.3. The van der Waals surface area contributed by atoms with Crippen LogP contribution in [0.1, 0.15) is 13.3 Å². The zero-order valence-electron chi connectivity index (χ0n) is 10.5. The summed E-state index contributed by atoms with van der Waals surface area (Å²) >= 11 is 0. The first-order valence-corrected chi connectivity index (χ1v) is 5.57. The molecule has 0 aliphatic heterocycles. The van der Waals surface area contributed by atoms with Crippen LogP contribution in [0.25, 0.3) is 0 Å². The maximum Gasteiger partial charge on any atom is 0.243 e. The van der Waals surface area contributed by atoms with Crippen LogP contribution in [0.3, 0.4) is 0 Å². The Morgan fingerprint density at radius 2 is 1.79 bits per heavy atom. The molecule has 1 aromatic carbocycles. The number of nitrogens with one attached hydrogen (secondary N) is 2. The molecule has 0 bridgehead atoms. The minimum atomic E-state index is -0.921. The molecular formula is C12H14F2N2O3. The van der Waals surface area contributed by atoms with Crippen molar-refractivity contribution in [3.63, 3.8) is 0 Å². The van der Waals surface area contributed by atoms with E-state index in [0.717, 1.165) is 19.2 Å². The Labute approximate surface area is 108 Å². The van der Waals surface area contributed by atoms with Crippen molar-refractivity contribution in [2.24, 2.45) is 0 Å². The fraction of sp³-hybridized carbons (Fsp3) is 0.333. The van der Waals surface area contributed by atoms with Crippen LogP contribution in [0, 0.1) is 11.6 Å². The minimum Gasteiger partial charge on any atom is -0.491 e. The smallest absolute Gasteiger partial charge is 0.243 e. The lowest BCUT2D eigenvalue weighted by Crippen LogP contribution is -2.32. The lowest BCUT2D eigenvalue weighted by molar-refractivity contribution is -0.123. The van der Waals surface area contributed by atoms with Crippen molar-refractivity contribution in [1.82, 2.24) is 5.32 Å². The van der Waals surface area contributed by atoms with Gasteiger partial charge in [-0.3, -0.25) is 9.59 Å². The predicted molar refractivity (Wildman–Crippen MR) is 64.8 cm³/mol. The molecule has 19 heavy (non-hydrogen) atoms. The van der Waals surface area contributed by atoms with Crippen molar-refractivity contribution in [2.75, 3.05) is 19.0 Å². The first-order chi connectivity index (χ1) is 8.97. The van der Waals surface area contributed by atoms with E-state index in [2.05, 4.69) is 15.4 Å². The molecule has 0 heterocycles. The molecule has 0 atom stereocenters. The number of ether oxygens (including phenoxy) is 1. The Balaban J connectivity index is 2.67. The van der Waals surface area contributed by atoms with E-state index >= 15 is 0 Å². The van der Waals surface area contributed by atoms with Gasteiger partial charge in [-0.15, -0.1) is 0 Å². The summed E-state index contributed by atoms with van der Waals surface area (Å²) < 4.78 is 31.2. The Morgan fingerprint density at radius 3 is 2.26 bits per heavy atom. The van der Waals surface area contributed by atoms with Crippen LogP contribution in [0.15, 0.2) is 12.1 Å². The van der Waals surface area contributed by atoms with Crippen LogP contribution >= 0.6 is 0 Å². The SMILES string of the molecule is CCC(=O)NCC(=O)Nc1cc(F)c(OC)c(F)c1. The van der Waals surface area contributed by atoms with E-state index in [9.17, 15) is 18.4 Å². The highest BCUT2D eigenvalue weighted by Crippen LogP contribution is 2.25. The summed E-state index contributed by atoms with van der Waals surface area (Å²) in [5, 5.41) is 4.61. The van der Waals surface area contributed by atoms with Gasteiger partial charge in [0.1, 0.15) is 0 Å². The van der Waals surface area contributed by atoms with E-state index in [1.165, 1.54) is 0 Å². The summed E-state index contributed by atoms with van der Waals surface area (Å²) in [6, 6.07) is 1.86. The van der Waals surface area contributed by atoms with Crippen LogP contribution in [-0.2, 0) is 9.59 Å². The molecule has 7 heteroatoms. The normalized spacial score (nSPS) is 9.89. The van der Waals surface area contributed by atoms with Crippen LogP contribution in [-0.4, -0.2) is 25.5 Å². The number of carbonyl (C=O) groups is 2. The third-order valence-corrected chi connectivity index (χ3v) is 2.25. The van der Waals surface area contributed by atoms with Gasteiger partial charge in [0.15, 0.2) is 17.4 Å². The number of hydrogen-bond acceptors (Lipinski definition) is 3. The fourth-order valence-corrected chi connectivity index (χ4v) is 1.34. The van der Waals surface area contributed by atoms with Gasteiger partial charge in [-0.2, -0.15) is 0 Å². The quantitative estimate of drug-likeness (QED) is 0.852. The van der Waals surface area contributed by atoms with Gasteiger partial charge in [-0.25, -0.2) is 8.78 Å². The molecule has 0 aliphatic rings. The molecule has 104 valence electrons. The molecule has 0 spiro atoms. The van der Waals surface area contributed by atoms with Crippen LogP contribution in [0.4, 0.5) is 14.5 Å². The van der Waals surface area contributed by atoms with E-state index in [0.29, 0.717) is 0 Å². The van der Waals surface area contributed by atoms with Gasteiger partial charge in [0, 0.05) is 24.2 Å². The number of carbonyl (C=O) groups excluding carboxylic acids is 2. The van der Waals surface area contributed by atoms with Gasteiger partial charge >= 0.3 is 0 Å². The fourth-order valence-electron chi connectivity index (χ4n) is 1.34. The number of methoxy groups -OCH3 is 1. The van der Waals surface area contributed by atoms with Crippen molar-refractivity contribution in [3.8, 4) is 5.75 Å². The van der Waals surface area contributed by atoms with Gasteiger partial charge < -0.3 is 15.4 Å². The van der Waals surface area contributed by atoms with Crippen LogP contribution in [0.5, 0.6) is 5.75 Å². The highest BCUT2D eigenvalue weighted by atomic mass is 19.1. The molecule has 0 saturated carbocycles. The Bertz CT molecular complexity index is 469. The third kappa shape index (κ3) is 4.20. The molecule has 0 aliphatic carbocycles. The predicted octanol–water partition coefficient (Wildman–Crippen LogP) is 1.44. The molecule has 1 rings (SSSR count). The van der Waals surface area contributed by atoms with E-state index in [4.69, 9.17) is 0 Å². The molecule has 0 saturated heterocycles. The summed E-state index contributed by atoms with van der Waals surface area (Å²) in [6.07, 6.45) is 0.249. The summed E-state index contributed by atoms with van der Waals surface area (Å²) in [7, 11) is 1.14. The largest absolute Gasteiger partial charge is 0.491 e. The van der Waals surface area contributed by atoms with Crippen molar-refractivity contribution >= 4 is 17.5 Å². The summed E-state index contributed by atoms with van der Waals surface area (Å²) in [5.74, 6) is -3.23. The van der Waals surface area contributed by atoms with Gasteiger partial charge in [0.25, 0.3) is 0 Å². The average Bonchev–Trinajstić information content (AvgIpc) is 2.35. The lowest BCUT2D eigenvalue weighted by Gasteiger charge is -2.09. The second-order valence-corrected chi connectivity index (χ2v) is 3.65. The summed E-state index contributed by atoms with van der Waals surface area (Å²) in [5.41, 5.74) is -0.0495. The topological polar surface area (TPSA) is 67.4 Å².